The van der Waals surface area contributed by atoms with Gasteiger partial charge in [0, 0.05) is 22.3 Å². The molecule has 5 rings (SSSR count). The van der Waals surface area contributed by atoms with Crippen molar-refractivity contribution in [3.63, 3.8) is 0 Å². The maximum absolute atomic E-state index is 14.5. The van der Waals surface area contributed by atoms with Gasteiger partial charge in [0.25, 0.3) is 0 Å². The predicted molar refractivity (Wildman–Crippen MR) is 126 cm³/mol. The molecule has 2 aromatic carbocycles. The number of fused-ring (bicyclic) bond motifs is 2. The molecule has 8 heteroatoms. The molecular formula is C26H27ClF3N2O2+. The SMILES string of the molecule is CCC1CC(O)(C(F)(F)F)C(Nc2cccc3c2C=C[N+]2(CC2)C3=O)c2cc(Cl)c(C)c(C)c21. The van der Waals surface area contributed by atoms with E-state index >= 15 is 0 Å². The Morgan fingerprint density at radius 3 is 2.56 bits per heavy atom. The standard InChI is InChI=1S/C26H27ClF3N2O2/c1-4-16-13-25(34,26(28,29)30)23(19-12-20(27)14(2)15(3)22(16)19)31-21-7-5-6-18-17(21)8-9-32(10-11-32)24(18)33/h5-9,12,16,23,31,34H,4,10-11,13H2,1-3H3/q+1. The van der Waals surface area contributed by atoms with Gasteiger partial charge in [0.05, 0.1) is 11.6 Å². The third kappa shape index (κ3) is 3.24. The summed E-state index contributed by atoms with van der Waals surface area (Å²) in [5, 5.41) is 14.6. The lowest BCUT2D eigenvalue weighted by atomic mass is 9.67. The van der Waals surface area contributed by atoms with E-state index in [2.05, 4.69) is 5.32 Å². The molecule has 2 aliphatic heterocycles. The smallest absolute Gasteiger partial charge is 0.379 e. The number of rotatable bonds is 3. The number of quaternary nitrogens is 1. The second-order valence-corrected chi connectivity index (χ2v) is 10.2. The topological polar surface area (TPSA) is 49.3 Å². The second kappa shape index (κ2) is 7.57. The van der Waals surface area contributed by atoms with Gasteiger partial charge in [0.2, 0.25) is 0 Å². The number of carbonyl (C=O) groups is 1. The van der Waals surface area contributed by atoms with Crippen LogP contribution in [-0.2, 0) is 0 Å². The number of amides is 1. The van der Waals surface area contributed by atoms with Crippen molar-refractivity contribution in [2.24, 2.45) is 0 Å². The van der Waals surface area contributed by atoms with Crippen LogP contribution in [0.15, 0.2) is 30.5 Å². The highest BCUT2D eigenvalue weighted by Crippen LogP contribution is 2.55. The summed E-state index contributed by atoms with van der Waals surface area (Å²) in [7, 11) is 0. The molecule has 3 aliphatic rings. The highest BCUT2D eigenvalue weighted by Gasteiger charge is 2.62. The Kier molecular flexibility index (Phi) is 5.21. The quantitative estimate of drug-likeness (QED) is 0.394. The van der Waals surface area contributed by atoms with Crippen LogP contribution in [0.2, 0.25) is 5.02 Å². The summed E-state index contributed by atoms with van der Waals surface area (Å²) in [5.74, 6) is -0.523. The van der Waals surface area contributed by atoms with Crippen LogP contribution in [0.5, 0.6) is 0 Å². The highest BCUT2D eigenvalue weighted by molar-refractivity contribution is 6.31. The van der Waals surface area contributed by atoms with Gasteiger partial charge in [-0.2, -0.15) is 13.2 Å². The summed E-state index contributed by atoms with van der Waals surface area (Å²) in [4.78, 5) is 13.0. The van der Waals surface area contributed by atoms with E-state index in [-0.39, 0.29) is 10.4 Å². The van der Waals surface area contributed by atoms with Crippen LogP contribution < -0.4 is 5.32 Å². The molecule has 180 valence electrons. The summed E-state index contributed by atoms with van der Waals surface area (Å²) in [5.41, 5.74) is 1.22. The first kappa shape index (κ1) is 23.4. The first-order valence-corrected chi connectivity index (χ1v) is 11.9. The van der Waals surface area contributed by atoms with Crippen molar-refractivity contribution in [3.8, 4) is 0 Å². The predicted octanol–water partition coefficient (Wildman–Crippen LogP) is 6.26. The first-order valence-electron chi connectivity index (χ1n) is 11.5. The van der Waals surface area contributed by atoms with Crippen LogP contribution in [0.4, 0.5) is 18.9 Å². The van der Waals surface area contributed by atoms with Crippen molar-refractivity contribution < 1.29 is 27.6 Å². The molecular weight excluding hydrogens is 465 g/mol. The van der Waals surface area contributed by atoms with E-state index in [4.69, 9.17) is 11.6 Å². The second-order valence-electron chi connectivity index (χ2n) is 9.79. The zero-order chi connectivity index (χ0) is 24.6. The Hall–Kier alpha value is -2.35. The van der Waals surface area contributed by atoms with Crippen molar-refractivity contribution in [1.29, 1.82) is 0 Å². The van der Waals surface area contributed by atoms with E-state index in [1.165, 1.54) is 0 Å². The summed E-state index contributed by atoms with van der Waals surface area (Å²) < 4.78 is 43.7. The van der Waals surface area contributed by atoms with Gasteiger partial charge >= 0.3 is 12.1 Å². The Labute approximate surface area is 201 Å². The van der Waals surface area contributed by atoms with Gasteiger partial charge < -0.3 is 10.4 Å². The number of nitrogens with zero attached hydrogens (tertiary/aromatic N) is 1. The van der Waals surface area contributed by atoms with E-state index in [1.54, 1.807) is 36.5 Å². The molecule has 3 unspecified atom stereocenters. The van der Waals surface area contributed by atoms with Crippen LogP contribution in [0.25, 0.3) is 6.08 Å². The molecule has 1 fully saturated rings. The first-order chi connectivity index (χ1) is 15.9. The Bertz CT molecular complexity index is 1240. The van der Waals surface area contributed by atoms with Crippen LogP contribution in [0.3, 0.4) is 0 Å². The maximum Gasteiger partial charge on any atom is 0.419 e. The van der Waals surface area contributed by atoms with E-state index in [0.29, 0.717) is 33.8 Å². The lowest BCUT2D eigenvalue weighted by molar-refractivity contribution is -0.648. The molecule has 2 N–H and O–H groups in total. The number of hydrogen-bond donors (Lipinski definition) is 2. The molecule has 2 heterocycles. The minimum atomic E-state index is -4.88. The van der Waals surface area contributed by atoms with Gasteiger partial charge in [-0.25, -0.2) is 9.28 Å². The van der Waals surface area contributed by atoms with E-state index in [0.717, 1.165) is 29.8 Å². The Balaban J connectivity index is 1.69. The van der Waals surface area contributed by atoms with Crippen LogP contribution in [0.1, 0.15) is 69.9 Å². The fraction of sp³-hybridized carbons (Fsp3) is 0.423. The van der Waals surface area contributed by atoms with Gasteiger partial charge in [-0.3, -0.25) is 0 Å². The van der Waals surface area contributed by atoms with Crippen molar-refractivity contribution in [2.75, 3.05) is 18.4 Å². The molecule has 1 spiro atoms. The molecule has 4 nitrogen and oxygen atoms in total. The molecule has 0 saturated carbocycles. The molecule has 0 aromatic heterocycles. The lowest BCUT2D eigenvalue weighted by Crippen LogP contribution is -2.55. The lowest BCUT2D eigenvalue weighted by Gasteiger charge is -2.46. The van der Waals surface area contributed by atoms with Gasteiger partial charge in [-0.1, -0.05) is 24.6 Å². The number of aliphatic hydroxyl groups is 1. The average molecular weight is 492 g/mol. The van der Waals surface area contributed by atoms with Gasteiger partial charge in [-0.15, -0.1) is 0 Å². The molecule has 1 aliphatic carbocycles. The fourth-order valence-corrected chi connectivity index (χ4v) is 5.84. The summed E-state index contributed by atoms with van der Waals surface area (Å²) in [6.45, 7) is 7.01. The van der Waals surface area contributed by atoms with Gasteiger partial charge in [-0.05, 0) is 73.1 Å². The van der Waals surface area contributed by atoms with Crippen LogP contribution >= 0.6 is 11.6 Å². The largest absolute Gasteiger partial charge is 0.419 e. The zero-order valence-corrected chi connectivity index (χ0v) is 20.0. The normalized spacial score (nSPS) is 26.9. The third-order valence-corrected chi connectivity index (χ3v) is 8.32. The number of nitrogens with one attached hydrogen (secondary N) is 1. The van der Waals surface area contributed by atoms with Crippen molar-refractivity contribution in [2.45, 2.75) is 57.3 Å². The number of hydrogen-bond acceptors (Lipinski definition) is 3. The van der Waals surface area contributed by atoms with Crippen molar-refractivity contribution in [1.82, 2.24) is 0 Å². The van der Waals surface area contributed by atoms with Crippen LogP contribution in [0, 0.1) is 13.8 Å². The minimum absolute atomic E-state index is 0.0585. The number of halogens is 4. The maximum atomic E-state index is 14.5. The van der Waals surface area contributed by atoms with Crippen LogP contribution in [-0.4, -0.2) is 40.4 Å². The molecule has 1 saturated heterocycles. The van der Waals surface area contributed by atoms with Crippen molar-refractivity contribution >= 4 is 29.3 Å². The number of carbonyl (C=O) groups excluding carboxylic acids is 1. The fourth-order valence-electron chi connectivity index (χ4n) is 5.58. The summed E-state index contributed by atoms with van der Waals surface area (Å²) in [6, 6.07) is 5.09. The summed E-state index contributed by atoms with van der Waals surface area (Å²) >= 11 is 6.44. The Morgan fingerprint density at radius 1 is 1.24 bits per heavy atom. The average Bonchev–Trinajstić information content (AvgIpc) is 3.56. The Morgan fingerprint density at radius 2 is 1.94 bits per heavy atom. The van der Waals surface area contributed by atoms with Gasteiger partial charge in [0.15, 0.2) is 5.60 Å². The molecule has 0 bridgehead atoms. The minimum Gasteiger partial charge on any atom is -0.379 e. The highest BCUT2D eigenvalue weighted by atomic mass is 35.5. The number of anilines is 1. The third-order valence-electron chi connectivity index (χ3n) is 7.93. The van der Waals surface area contributed by atoms with E-state index < -0.39 is 30.2 Å². The van der Waals surface area contributed by atoms with E-state index in [1.807, 2.05) is 20.8 Å². The monoisotopic (exact) mass is 491 g/mol. The molecule has 3 atom stereocenters. The van der Waals surface area contributed by atoms with E-state index in [9.17, 15) is 23.1 Å². The summed E-state index contributed by atoms with van der Waals surface area (Å²) in [6.07, 6.45) is -1.28. The van der Waals surface area contributed by atoms with Gasteiger partial charge in [0.1, 0.15) is 19.3 Å². The number of benzene rings is 2. The van der Waals surface area contributed by atoms with Crippen molar-refractivity contribution in [3.05, 3.63) is 68.9 Å². The number of alkyl halides is 3. The molecule has 0 radical (unpaired) electrons. The zero-order valence-electron chi connectivity index (χ0n) is 19.3. The molecule has 2 aromatic rings. The molecule has 34 heavy (non-hydrogen) atoms. The molecule has 1 amide bonds.